The predicted molar refractivity (Wildman–Crippen MR) is 126 cm³/mol. The number of halogens is 2. The van der Waals surface area contributed by atoms with Gasteiger partial charge in [0.05, 0.1) is 19.0 Å². The lowest BCUT2D eigenvalue weighted by Crippen LogP contribution is -2.49. The molecule has 3 unspecified atom stereocenters. The molecule has 0 aromatic carbocycles. The minimum absolute atomic E-state index is 0.105. The molecule has 0 bridgehead atoms. The number of likely N-dealkylation sites (N-methyl/N-ethyl adjacent to an activating group) is 1. The number of alkyl halides is 2. The average Bonchev–Trinajstić information content (AvgIpc) is 2.75. The molecule has 0 saturated carbocycles. The highest BCUT2D eigenvalue weighted by molar-refractivity contribution is 5.49. The zero-order valence-corrected chi connectivity index (χ0v) is 19.7. The summed E-state index contributed by atoms with van der Waals surface area (Å²) in [4.78, 5) is 12.6. The Kier molecular flexibility index (Phi) is 12.6. The maximum atomic E-state index is 13.8. The van der Waals surface area contributed by atoms with Crippen molar-refractivity contribution in [2.75, 3.05) is 32.8 Å². The van der Waals surface area contributed by atoms with Gasteiger partial charge >= 0.3 is 0 Å². The fourth-order valence-electron chi connectivity index (χ4n) is 3.85. The Labute approximate surface area is 191 Å². The van der Waals surface area contributed by atoms with Gasteiger partial charge in [-0.2, -0.15) is 0 Å². The molecule has 0 radical (unpaired) electrons. The lowest BCUT2D eigenvalue weighted by Gasteiger charge is -2.41. The van der Waals surface area contributed by atoms with Gasteiger partial charge < -0.3 is 20.0 Å². The monoisotopic (exact) mass is 454 g/mol. The van der Waals surface area contributed by atoms with Crippen LogP contribution in [0.15, 0.2) is 48.8 Å². The molecule has 0 aromatic rings. The number of carbonyl (C=O) groups is 1. The molecule has 0 heterocycles. The van der Waals surface area contributed by atoms with Crippen molar-refractivity contribution in [2.24, 2.45) is 5.92 Å². The molecular formula is C25H40F2N2O3. The minimum Gasteiger partial charge on any atom is -0.500 e. The third kappa shape index (κ3) is 9.76. The first kappa shape index (κ1) is 28.2. The van der Waals surface area contributed by atoms with Crippen LogP contribution in [0.25, 0.3) is 0 Å². The Morgan fingerprint density at radius 3 is 2.81 bits per heavy atom. The van der Waals surface area contributed by atoms with Gasteiger partial charge in [0.1, 0.15) is 6.29 Å². The Bertz CT molecular complexity index is 658. The highest BCUT2D eigenvalue weighted by Crippen LogP contribution is 2.36. The summed E-state index contributed by atoms with van der Waals surface area (Å²) in [7, 11) is 0. The minimum atomic E-state index is -2.80. The Hall–Kier alpha value is -1.83. The maximum absolute atomic E-state index is 13.8. The molecule has 1 aliphatic carbocycles. The summed E-state index contributed by atoms with van der Waals surface area (Å²) in [5, 5.41) is 13.3. The van der Waals surface area contributed by atoms with Crippen LogP contribution in [0.2, 0.25) is 0 Å². The highest BCUT2D eigenvalue weighted by atomic mass is 19.3. The van der Waals surface area contributed by atoms with E-state index in [1.165, 1.54) is 6.08 Å². The van der Waals surface area contributed by atoms with Gasteiger partial charge in [-0.05, 0) is 38.8 Å². The van der Waals surface area contributed by atoms with E-state index in [1.54, 1.807) is 18.4 Å². The van der Waals surface area contributed by atoms with Crippen molar-refractivity contribution in [1.29, 1.82) is 0 Å². The van der Waals surface area contributed by atoms with E-state index in [0.29, 0.717) is 38.8 Å². The number of carbonyl (C=O) groups excluding carboxylic acids is 1. The zero-order valence-electron chi connectivity index (χ0n) is 19.7. The van der Waals surface area contributed by atoms with Gasteiger partial charge in [0.2, 0.25) is 0 Å². The first-order chi connectivity index (χ1) is 15.2. The van der Waals surface area contributed by atoms with Crippen molar-refractivity contribution in [3.05, 3.63) is 48.8 Å². The summed E-state index contributed by atoms with van der Waals surface area (Å²) in [5.74, 6) is -2.90. The van der Waals surface area contributed by atoms with Crippen molar-refractivity contribution in [1.82, 2.24) is 10.2 Å². The number of aldehydes is 1. The molecule has 0 fully saturated rings. The van der Waals surface area contributed by atoms with Gasteiger partial charge in [-0.25, -0.2) is 8.78 Å². The van der Waals surface area contributed by atoms with Gasteiger partial charge in [-0.15, -0.1) is 6.58 Å². The fraction of sp³-hybridized carbons (Fsp3) is 0.640. The van der Waals surface area contributed by atoms with Gasteiger partial charge in [0, 0.05) is 50.0 Å². The number of nitrogens with zero attached hydrogens (tertiary/aromatic N) is 1. The molecule has 3 atom stereocenters. The van der Waals surface area contributed by atoms with E-state index in [0.717, 1.165) is 32.8 Å². The second-order valence-corrected chi connectivity index (χ2v) is 8.49. The zero-order chi connectivity index (χ0) is 24.0. The fourth-order valence-corrected chi connectivity index (χ4v) is 3.85. The molecular weight excluding hydrogens is 414 g/mol. The van der Waals surface area contributed by atoms with Gasteiger partial charge in [-0.3, -0.25) is 4.90 Å². The first-order valence-corrected chi connectivity index (χ1v) is 11.4. The van der Waals surface area contributed by atoms with E-state index < -0.39 is 17.6 Å². The summed E-state index contributed by atoms with van der Waals surface area (Å²) in [6.45, 7) is 12.2. The number of aliphatic hydroxyl groups is 1. The molecule has 0 aromatic heterocycles. The third-order valence-corrected chi connectivity index (χ3v) is 5.90. The molecule has 5 nitrogen and oxygen atoms in total. The SMILES string of the molecule is C=CC(C/C=C/OCCNCCN(CC)C1(C)C=CC=C(C(C)(F)F)C1)C(O)CCC=O. The number of nitrogens with one attached hydrogen (secondary N) is 1. The molecule has 32 heavy (non-hydrogen) atoms. The molecule has 0 aliphatic heterocycles. The van der Waals surface area contributed by atoms with E-state index in [-0.39, 0.29) is 11.5 Å². The second-order valence-electron chi connectivity index (χ2n) is 8.49. The number of ether oxygens (including phenoxy) is 1. The molecule has 2 N–H and O–H groups in total. The molecule has 182 valence electrons. The topological polar surface area (TPSA) is 61.8 Å². The van der Waals surface area contributed by atoms with Crippen molar-refractivity contribution >= 4 is 6.29 Å². The molecule has 0 amide bonds. The van der Waals surface area contributed by atoms with E-state index >= 15 is 0 Å². The van der Waals surface area contributed by atoms with Gasteiger partial charge in [0.15, 0.2) is 0 Å². The summed E-state index contributed by atoms with van der Waals surface area (Å²) in [6.07, 6.45) is 12.4. The molecule has 7 heteroatoms. The summed E-state index contributed by atoms with van der Waals surface area (Å²) < 4.78 is 33.0. The maximum Gasteiger partial charge on any atom is 0.266 e. The van der Waals surface area contributed by atoms with Crippen LogP contribution in [0, 0.1) is 5.92 Å². The van der Waals surface area contributed by atoms with E-state index in [4.69, 9.17) is 4.74 Å². The summed E-state index contributed by atoms with van der Waals surface area (Å²) in [5.41, 5.74) is -0.249. The van der Waals surface area contributed by atoms with Crippen molar-refractivity contribution in [2.45, 2.75) is 64.0 Å². The standard InChI is InChI=1S/C25H40F2N2O3/c1-5-21(23(31)12-8-17-30)10-9-18-32-19-15-28-14-16-29(6-2)24(3)13-7-11-22(20-24)25(4,26)27/h5,7,9,11,13,17-18,21,23,28,31H,1,6,8,10,12,14-16,19-20H2,2-4H3/b18-9+. The van der Waals surface area contributed by atoms with Crippen molar-refractivity contribution < 1.29 is 23.4 Å². The predicted octanol–water partition coefficient (Wildman–Crippen LogP) is 4.26. The van der Waals surface area contributed by atoms with Crippen LogP contribution in [0.5, 0.6) is 0 Å². The number of hydrogen-bond donors (Lipinski definition) is 2. The Balaban J connectivity index is 2.28. The van der Waals surface area contributed by atoms with Crippen molar-refractivity contribution in [3.8, 4) is 0 Å². The van der Waals surface area contributed by atoms with E-state index in [2.05, 4.69) is 16.8 Å². The lowest BCUT2D eigenvalue weighted by molar-refractivity contribution is -0.108. The van der Waals surface area contributed by atoms with Crippen LogP contribution in [0.4, 0.5) is 8.78 Å². The molecule has 1 aliphatic rings. The summed E-state index contributed by atoms with van der Waals surface area (Å²) >= 11 is 0. The molecule has 0 saturated heterocycles. The number of rotatable bonds is 17. The average molecular weight is 455 g/mol. The Morgan fingerprint density at radius 2 is 2.19 bits per heavy atom. The molecule has 0 spiro atoms. The molecule has 1 rings (SSSR count). The van der Waals surface area contributed by atoms with Crippen LogP contribution in [0.1, 0.15) is 46.5 Å². The van der Waals surface area contributed by atoms with Crippen molar-refractivity contribution in [3.63, 3.8) is 0 Å². The smallest absolute Gasteiger partial charge is 0.266 e. The van der Waals surface area contributed by atoms with Gasteiger partial charge in [-0.1, -0.05) is 31.2 Å². The number of aliphatic hydroxyl groups excluding tert-OH is 1. The largest absolute Gasteiger partial charge is 0.500 e. The van der Waals surface area contributed by atoms with Gasteiger partial charge in [0.25, 0.3) is 5.92 Å². The number of allylic oxidation sites excluding steroid dienone is 3. The highest BCUT2D eigenvalue weighted by Gasteiger charge is 2.37. The third-order valence-electron chi connectivity index (χ3n) is 5.90. The Morgan fingerprint density at radius 1 is 1.44 bits per heavy atom. The summed E-state index contributed by atoms with van der Waals surface area (Å²) in [6, 6.07) is 0. The van der Waals surface area contributed by atoms with Crippen LogP contribution < -0.4 is 5.32 Å². The van der Waals surface area contributed by atoms with E-state index in [1.807, 2.05) is 26.0 Å². The first-order valence-electron chi connectivity index (χ1n) is 11.4. The normalized spacial score (nSPS) is 20.9. The second kappa shape index (κ2) is 14.3. The van der Waals surface area contributed by atoms with Crippen LogP contribution >= 0.6 is 0 Å². The lowest BCUT2D eigenvalue weighted by atomic mass is 9.84. The number of hydrogen-bond acceptors (Lipinski definition) is 5. The van der Waals surface area contributed by atoms with Crippen LogP contribution in [-0.4, -0.2) is 66.6 Å². The van der Waals surface area contributed by atoms with Crippen LogP contribution in [0.3, 0.4) is 0 Å². The van der Waals surface area contributed by atoms with E-state index in [9.17, 15) is 18.7 Å². The van der Waals surface area contributed by atoms with Crippen LogP contribution in [-0.2, 0) is 9.53 Å². The quantitative estimate of drug-likeness (QED) is 0.149.